The highest BCUT2D eigenvalue weighted by atomic mass is 35.5. The Hall–Kier alpha value is -2.81. The quantitative estimate of drug-likeness (QED) is 0.387. The summed E-state index contributed by atoms with van der Waals surface area (Å²) in [5.41, 5.74) is 1.77. The largest absolute Gasteiger partial charge is 0.265 e. The second-order valence-electron chi connectivity index (χ2n) is 5.37. The van der Waals surface area contributed by atoms with E-state index in [1.54, 1.807) is 42.5 Å². The summed E-state index contributed by atoms with van der Waals surface area (Å²) in [5, 5.41) is 18.0. The van der Waals surface area contributed by atoms with Crippen LogP contribution in [0, 0.1) is 0 Å². The molecule has 4 aromatic rings. The minimum absolute atomic E-state index is 0.548. The molecule has 7 nitrogen and oxygen atoms in total. The van der Waals surface area contributed by atoms with Crippen LogP contribution in [0.5, 0.6) is 0 Å². The van der Waals surface area contributed by atoms with Gasteiger partial charge in [-0.05, 0) is 29.7 Å². The molecule has 2 aromatic heterocycles. The number of para-hydroxylation sites is 1. The van der Waals surface area contributed by atoms with Gasteiger partial charge in [0.1, 0.15) is 18.5 Å². The minimum atomic E-state index is 0.548. The van der Waals surface area contributed by atoms with E-state index in [0.29, 0.717) is 15.9 Å². The molecule has 10 heteroatoms. The molecule has 1 aliphatic rings. The Labute approximate surface area is 181 Å². The summed E-state index contributed by atoms with van der Waals surface area (Å²) in [4.78, 5) is 12.0. The SMILES string of the molecule is C1=CSCN=N1.Clc1ccc(-c2nc[nH]n2)c(Cl)c1.c1ccc2ncncc2c1. The molecule has 0 saturated carbocycles. The van der Waals surface area contributed by atoms with Crippen LogP contribution in [0.3, 0.4) is 0 Å². The van der Waals surface area contributed by atoms with Crippen LogP contribution in [-0.2, 0) is 0 Å². The average Bonchev–Trinajstić information content (AvgIpc) is 3.31. The lowest BCUT2D eigenvalue weighted by Crippen LogP contribution is -1.82. The molecule has 5 rings (SSSR count). The number of rotatable bonds is 1. The molecule has 0 radical (unpaired) electrons. The maximum atomic E-state index is 5.94. The van der Waals surface area contributed by atoms with Crippen LogP contribution in [0.15, 0.2) is 83.2 Å². The molecule has 0 amide bonds. The Bertz CT molecular complexity index is 1020. The number of nitrogens with zero attached hydrogens (tertiary/aromatic N) is 6. The molecule has 0 fully saturated rings. The van der Waals surface area contributed by atoms with Gasteiger partial charge in [0.2, 0.25) is 0 Å². The molecule has 0 unspecified atom stereocenters. The number of aromatic amines is 1. The zero-order chi connectivity index (χ0) is 20.3. The monoisotopic (exact) mass is 443 g/mol. The molecule has 1 N–H and O–H groups in total. The molecule has 0 atom stereocenters. The second-order valence-corrected chi connectivity index (χ2v) is 7.07. The van der Waals surface area contributed by atoms with Crippen molar-refractivity contribution in [3.8, 4) is 11.4 Å². The molecule has 146 valence electrons. The molecule has 0 saturated heterocycles. The Balaban J connectivity index is 0.000000133. The highest BCUT2D eigenvalue weighted by molar-refractivity contribution is 8.02. The fourth-order valence-corrected chi connectivity index (χ4v) is 3.01. The minimum Gasteiger partial charge on any atom is -0.265 e. The first-order valence-electron chi connectivity index (χ1n) is 8.33. The van der Waals surface area contributed by atoms with E-state index in [4.69, 9.17) is 23.2 Å². The van der Waals surface area contributed by atoms with Crippen molar-refractivity contribution in [1.82, 2.24) is 25.1 Å². The number of hydrogen-bond acceptors (Lipinski definition) is 7. The van der Waals surface area contributed by atoms with Crippen molar-refractivity contribution in [2.75, 3.05) is 5.88 Å². The van der Waals surface area contributed by atoms with E-state index < -0.39 is 0 Å². The van der Waals surface area contributed by atoms with Gasteiger partial charge in [-0.15, -0.1) is 11.8 Å². The first-order chi connectivity index (χ1) is 14.2. The number of nitrogens with one attached hydrogen (secondary N) is 1. The lowest BCUT2D eigenvalue weighted by molar-refractivity contribution is 1.10. The normalized spacial score (nSPS) is 11.9. The molecular weight excluding hydrogens is 429 g/mol. The molecule has 0 spiro atoms. The molecule has 2 aromatic carbocycles. The number of fused-ring (bicyclic) bond motifs is 1. The van der Waals surface area contributed by atoms with Gasteiger partial charge in [-0.3, -0.25) is 5.10 Å². The van der Waals surface area contributed by atoms with E-state index in [-0.39, 0.29) is 0 Å². The Morgan fingerprint density at radius 2 is 1.93 bits per heavy atom. The van der Waals surface area contributed by atoms with Crippen molar-refractivity contribution in [3.05, 3.63) is 83.0 Å². The van der Waals surface area contributed by atoms with Crippen molar-refractivity contribution < 1.29 is 0 Å². The fraction of sp³-hybridized carbons (Fsp3) is 0.0526. The van der Waals surface area contributed by atoms with Gasteiger partial charge in [0.15, 0.2) is 5.82 Å². The van der Waals surface area contributed by atoms with E-state index in [1.165, 1.54) is 6.33 Å². The van der Waals surface area contributed by atoms with Crippen molar-refractivity contribution in [3.63, 3.8) is 0 Å². The van der Waals surface area contributed by atoms with Gasteiger partial charge in [-0.1, -0.05) is 41.4 Å². The smallest absolute Gasteiger partial charge is 0.182 e. The van der Waals surface area contributed by atoms with Gasteiger partial charge >= 0.3 is 0 Å². The fourth-order valence-electron chi connectivity index (χ4n) is 2.16. The zero-order valence-corrected chi connectivity index (χ0v) is 17.3. The number of H-pyrrole nitrogens is 1. The highest BCUT2D eigenvalue weighted by Gasteiger charge is 2.06. The average molecular weight is 444 g/mol. The van der Waals surface area contributed by atoms with Crippen LogP contribution in [-0.4, -0.2) is 31.0 Å². The number of benzene rings is 2. The summed E-state index contributed by atoms with van der Waals surface area (Å²) in [6, 6.07) is 13.1. The number of halogens is 2. The predicted molar refractivity (Wildman–Crippen MR) is 118 cm³/mol. The first-order valence-corrected chi connectivity index (χ1v) is 10.1. The third-order valence-electron chi connectivity index (χ3n) is 3.44. The maximum Gasteiger partial charge on any atom is 0.182 e. The Morgan fingerprint density at radius 3 is 2.55 bits per heavy atom. The van der Waals surface area contributed by atoms with E-state index in [9.17, 15) is 0 Å². The molecular formula is C19H15Cl2N7S. The lowest BCUT2D eigenvalue weighted by atomic mass is 10.2. The molecule has 3 heterocycles. The third-order valence-corrected chi connectivity index (χ3v) is 4.57. The molecule has 0 bridgehead atoms. The number of aromatic nitrogens is 5. The number of thioether (sulfide) groups is 1. The van der Waals surface area contributed by atoms with E-state index >= 15 is 0 Å². The summed E-state index contributed by atoms with van der Waals surface area (Å²) in [6.07, 6.45) is 6.55. The first kappa shape index (κ1) is 20.9. The van der Waals surface area contributed by atoms with Crippen molar-refractivity contribution in [2.24, 2.45) is 10.2 Å². The lowest BCUT2D eigenvalue weighted by Gasteiger charge is -1.98. The Morgan fingerprint density at radius 1 is 1.03 bits per heavy atom. The molecule has 1 aliphatic heterocycles. The van der Waals surface area contributed by atoms with Crippen LogP contribution in [0.1, 0.15) is 0 Å². The predicted octanol–water partition coefficient (Wildman–Crippen LogP) is 6.02. The van der Waals surface area contributed by atoms with Crippen LogP contribution in [0.2, 0.25) is 10.0 Å². The van der Waals surface area contributed by atoms with Crippen LogP contribution < -0.4 is 0 Å². The topological polar surface area (TPSA) is 92.1 Å². The second kappa shape index (κ2) is 11.3. The van der Waals surface area contributed by atoms with Gasteiger partial charge in [-0.2, -0.15) is 15.3 Å². The highest BCUT2D eigenvalue weighted by Crippen LogP contribution is 2.27. The van der Waals surface area contributed by atoms with Crippen molar-refractivity contribution in [1.29, 1.82) is 0 Å². The van der Waals surface area contributed by atoms with E-state index in [0.717, 1.165) is 22.3 Å². The standard InChI is InChI=1S/C8H5Cl2N3.C8H6N2.C3H4N2S/c9-5-1-2-6(7(10)3-5)8-11-4-12-13-8;1-2-4-8-7(3-1)5-9-6-10-8;1-2-6-3-5-4-1/h1-4H,(H,11,12,13);1-6H;1-2H,3H2. The van der Waals surface area contributed by atoms with Crippen LogP contribution in [0.4, 0.5) is 0 Å². The van der Waals surface area contributed by atoms with Crippen molar-refractivity contribution >= 4 is 45.9 Å². The van der Waals surface area contributed by atoms with Gasteiger partial charge < -0.3 is 0 Å². The number of hydrogen-bond donors (Lipinski definition) is 1. The van der Waals surface area contributed by atoms with Crippen LogP contribution in [0.25, 0.3) is 22.3 Å². The van der Waals surface area contributed by atoms with Gasteiger partial charge in [-0.25, -0.2) is 15.0 Å². The van der Waals surface area contributed by atoms with Gasteiger partial charge in [0.05, 0.1) is 16.7 Å². The van der Waals surface area contributed by atoms with E-state index in [1.807, 2.05) is 35.9 Å². The van der Waals surface area contributed by atoms with Gasteiger partial charge in [0.25, 0.3) is 0 Å². The van der Waals surface area contributed by atoms with Crippen LogP contribution >= 0.6 is 35.0 Å². The van der Waals surface area contributed by atoms with Gasteiger partial charge in [0, 0.05) is 22.2 Å². The van der Waals surface area contributed by atoms with Crippen molar-refractivity contribution in [2.45, 2.75) is 0 Å². The summed E-state index contributed by atoms with van der Waals surface area (Å²) in [7, 11) is 0. The zero-order valence-electron chi connectivity index (χ0n) is 15.0. The van der Waals surface area contributed by atoms with E-state index in [2.05, 4.69) is 35.4 Å². The third kappa shape index (κ3) is 6.63. The molecule has 29 heavy (non-hydrogen) atoms. The summed E-state index contributed by atoms with van der Waals surface area (Å²) in [5.74, 6) is 1.36. The Kier molecular flexibility index (Phi) is 8.12. The summed E-state index contributed by atoms with van der Waals surface area (Å²) < 4.78 is 0. The number of azo groups is 1. The maximum absolute atomic E-state index is 5.94. The summed E-state index contributed by atoms with van der Waals surface area (Å²) >= 11 is 13.3. The molecule has 0 aliphatic carbocycles. The summed E-state index contributed by atoms with van der Waals surface area (Å²) in [6.45, 7) is 0.